The Kier molecular flexibility index (Phi) is 4.03. The van der Waals surface area contributed by atoms with Crippen LogP contribution in [0.4, 0.5) is 0 Å². The van der Waals surface area contributed by atoms with Crippen molar-refractivity contribution in [3.63, 3.8) is 0 Å². The van der Waals surface area contributed by atoms with Crippen LogP contribution in [0.15, 0.2) is 0 Å². The van der Waals surface area contributed by atoms with Crippen LogP contribution in [0.1, 0.15) is 6.92 Å². The highest BCUT2D eigenvalue weighted by atomic mass is 32.1. The van der Waals surface area contributed by atoms with Crippen molar-refractivity contribution in [2.24, 2.45) is 0 Å². The first kappa shape index (κ1) is 7.27. The van der Waals surface area contributed by atoms with Crippen LogP contribution >= 0.6 is 12.2 Å². The Balaban J connectivity index is 3.49. The van der Waals surface area contributed by atoms with Gasteiger partial charge >= 0.3 is 6.21 Å². The molecule has 0 N–H and O–H groups in total. The van der Waals surface area contributed by atoms with Crippen molar-refractivity contribution in [2.45, 2.75) is 6.92 Å². The van der Waals surface area contributed by atoms with Gasteiger partial charge in [-0.3, -0.25) is 0 Å². The molecule has 0 saturated carbocycles. The third kappa shape index (κ3) is 3.46. The van der Waals surface area contributed by atoms with Gasteiger partial charge < -0.3 is 10.3 Å². The van der Waals surface area contributed by atoms with Crippen molar-refractivity contribution in [1.29, 1.82) is 0 Å². The van der Waals surface area contributed by atoms with Crippen LogP contribution in [0.25, 0.3) is 5.53 Å². The van der Waals surface area contributed by atoms with Crippen molar-refractivity contribution in [2.75, 3.05) is 6.61 Å². The number of hydrogen-bond acceptors (Lipinski definition) is 2. The fraction of sp³-hybridized carbons (Fsp3) is 0.500. The van der Waals surface area contributed by atoms with Gasteiger partial charge in [0.25, 0.3) is 5.05 Å². The van der Waals surface area contributed by atoms with Crippen molar-refractivity contribution in [3.8, 4) is 0 Å². The Morgan fingerprint density at radius 3 is 3.00 bits per heavy atom. The van der Waals surface area contributed by atoms with Gasteiger partial charge in [-0.2, -0.15) is 4.79 Å². The number of nitrogens with zero attached hydrogens (tertiary/aromatic N) is 2. The standard InChI is InChI=1S/C4H6N2OS/c1-2-7-4(8)3-6-5/h3H,2H2,1H3. The lowest BCUT2D eigenvalue weighted by atomic mass is 10.8. The molecule has 0 spiro atoms. The average molecular weight is 130 g/mol. The molecule has 3 nitrogen and oxygen atoms in total. The highest BCUT2D eigenvalue weighted by molar-refractivity contribution is 7.81. The lowest BCUT2D eigenvalue weighted by molar-refractivity contribution is 0.00519. The molecular weight excluding hydrogens is 124 g/mol. The van der Waals surface area contributed by atoms with Gasteiger partial charge in [0.15, 0.2) is 0 Å². The molecular formula is C4H6N2OS. The van der Waals surface area contributed by atoms with Gasteiger partial charge in [-0.25, -0.2) is 0 Å². The molecule has 0 aromatic rings. The lowest BCUT2D eigenvalue weighted by Crippen LogP contribution is -2.01. The van der Waals surface area contributed by atoms with E-state index in [1.54, 1.807) is 6.92 Å². The van der Waals surface area contributed by atoms with Gasteiger partial charge in [-0.05, 0) is 19.1 Å². The number of hydrogen-bond donors (Lipinski definition) is 0. The zero-order chi connectivity index (χ0) is 6.41. The summed E-state index contributed by atoms with van der Waals surface area (Å²) in [4.78, 5) is 2.66. The number of ether oxygens (including phenoxy) is 1. The van der Waals surface area contributed by atoms with Crippen LogP contribution in [0.3, 0.4) is 0 Å². The van der Waals surface area contributed by atoms with E-state index in [1.807, 2.05) is 0 Å². The first-order valence-corrected chi connectivity index (χ1v) is 2.56. The molecule has 0 aliphatic heterocycles. The average Bonchev–Trinajstić information content (AvgIpc) is 1.68. The van der Waals surface area contributed by atoms with Gasteiger partial charge in [0.1, 0.15) is 0 Å². The van der Waals surface area contributed by atoms with Crippen LogP contribution in [-0.4, -0.2) is 22.7 Å². The van der Waals surface area contributed by atoms with E-state index in [1.165, 1.54) is 0 Å². The third-order valence-electron chi connectivity index (χ3n) is 0.450. The van der Waals surface area contributed by atoms with Crippen LogP contribution in [-0.2, 0) is 4.74 Å². The summed E-state index contributed by atoms with van der Waals surface area (Å²) in [7, 11) is 0. The van der Waals surface area contributed by atoms with Crippen molar-refractivity contribution in [3.05, 3.63) is 5.53 Å². The lowest BCUT2D eigenvalue weighted by Gasteiger charge is -1.90. The highest BCUT2D eigenvalue weighted by Crippen LogP contribution is 1.74. The van der Waals surface area contributed by atoms with Gasteiger partial charge in [0.2, 0.25) is 0 Å². The van der Waals surface area contributed by atoms with E-state index < -0.39 is 0 Å². The summed E-state index contributed by atoms with van der Waals surface area (Å²) in [5.41, 5.74) is 7.87. The third-order valence-corrected chi connectivity index (χ3v) is 0.673. The molecule has 0 aromatic heterocycles. The van der Waals surface area contributed by atoms with E-state index in [9.17, 15) is 0 Å². The second-order valence-corrected chi connectivity index (χ2v) is 1.40. The first-order valence-electron chi connectivity index (χ1n) is 2.15. The van der Waals surface area contributed by atoms with Crippen LogP contribution in [0, 0.1) is 0 Å². The molecule has 0 radical (unpaired) electrons. The Bertz CT molecular complexity index is 128. The van der Waals surface area contributed by atoms with Gasteiger partial charge in [-0.1, -0.05) is 0 Å². The van der Waals surface area contributed by atoms with Crippen molar-refractivity contribution in [1.82, 2.24) is 0 Å². The fourth-order valence-electron chi connectivity index (χ4n) is 0.227. The second kappa shape index (κ2) is 4.43. The summed E-state index contributed by atoms with van der Waals surface area (Å²) in [5.74, 6) is 0. The molecule has 8 heavy (non-hydrogen) atoms. The minimum absolute atomic E-state index is 0.204. The summed E-state index contributed by atoms with van der Waals surface area (Å²) < 4.78 is 4.70. The van der Waals surface area contributed by atoms with Crippen molar-refractivity contribution >= 4 is 23.5 Å². The van der Waals surface area contributed by atoms with Gasteiger partial charge in [-0.15, -0.1) is 0 Å². The van der Waals surface area contributed by atoms with Crippen LogP contribution in [0.2, 0.25) is 0 Å². The predicted molar refractivity (Wildman–Crippen MR) is 33.9 cm³/mol. The highest BCUT2D eigenvalue weighted by Gasteiger charge is 1.91. The smallest absolute Gasteiger partial charge is 0.333 e. The Morgan fingerprint density at radius 2 is 2.62 bits per heavy atom. The molecule has 0 aliphatic carbocycles. The van der Waals surface area contributed by atoms with E-state index in [4.69, 9.17) is 10.3 Å². The van der Waals surface area contributed by atoms with E-state index in [2.05, 4.69) is 17.0 Å². The molecule has 0 atom stereocenters. The van der Waals surface area contributed by atoms with Gasteiger partial charge in [0, 0.05) is 0 Å². The van der Waals surface area contributed by atoms with Crippen LogP contribution < -0.4 is 0 Å². The maximum atomic E-state index is 7.87. The number of rotatable bonds is 2. The molecule has 0 rings (SSSR count). The van der Waals surface area contributed by atoms with Gasteiger partial charge in [0.05, 0.1) is 6.61 Å². The van der Waals surface area contributed by atoms with Crippen LogP contribution in [0.5, 0.6) is 0 Å². The molecule has 0 bridgehead atoms. The zero-order valence-electron chi connectivity index (χ0n) is 4.50. The first-order chi connectivity index (χ1) is 3.81. The Labute approximate surface area is 52.9 Å². The predicted octanol–water partition coefficient (Wildman–Crippen LogP) is 0.651. The summed E-state index contributed by atoms with van der Waals surface area (Å²) in [5, 5.41) is 0.204. The molecule has 0 saturated heterocycles. The topological polar surface area (TPSA) is 45.6 Å². The molecule has 44 valence electrons. The van der Waals surface area contributed by atoms with E-state index >= 15 is 0 Å². The maximum absolute atomic E-state index is 7.87. The van der Waals surface area contributed by atoms with E-state index in [0.29, 0.717) is 6.61 Å². The summed E-state index contributed by atoms with van der Waals surface area (Å²) in [6.45, 7) is 2.31. The fourth-order valence-corrected chi connectivity index (χ4v) is 0.392. The Hall–Kier alpha value is -0.730. The van der Waals surface area contributed by atoms with E-state index in [0.717, 1.165) is 6.21 Å². The quantitative estimate of drug-likeness (QED) is 0.238. The molecule has 0 aliphatic rings. The summed E-state index contributed by atoms with van der Waals surface area (Å²) in [6, 6.07) is 0. The molecule has 0 amide bonds. The minimum atomic E-state index is 0.204. The second-order valence-electron chi connectivity index (χ2n) is 0.997. The summed E-state index contributed by atoms with van der Waals surface area (Å²) >= 11 is 4.52. The van der Waals surface area contributed by atoms with Crippen molar-refractivity contribution < 1.29 is 9.53 Å². The Morgan fingerprint density at radius 1 is 2.00 bits per heavy atom. The molecule has 0 fully saturated rings. The normalized spacial score (nSPS) is 7.12. The monoisotopic (exact) mass is 130 g/mol. The minimum Gasteiger partial charge on any atom is -0.479 e. The van der Waals surface area contributed by atoms with E-state index in [-0.39, 0.29) is 5.05 Å². The maximum Gasteiger partial charge on any atom is 0.333 e. The SMILES string of the molecule is CCOC(=S)C=[N+]=[N-]. The molecule has 0 heterocycles. The zero-order valence-corrected chi connectivity index (χ0v) is 5.31. The molecule has 0 aromatic carbocycles. The number of thiocarbonyl (C=S) groups is 1. The summed E-state index contributed by atoms with van der Waals surface area (Å²) in [6.07, 6.45) is 1.07. The largest absolute Gasteiger partial charge is 0.479 e. The molecule has 0 unspecified atom stereocenters. The molecule has 4 heteroatoms.